The summed E-state index contributed by atoms with van der Waals surface area (Å²) in [6.07, 6.45) is 7.38. The number of rotatable bonds is 6. The molecule has 3 heterocycles. The van der Waals surface area contributed by atoms with Gasteiger partial charge in [-0.1, -0.05) is 6.07 Å². The molecule has 166 valence electrons. The van der Waals surface area contributed by atoms with E-state index in [2.05, 4.69) is 20.5 Å². The number of hydrogen-bond acceptors (Lipinski definition) is 6. The lowest BCUT2D eigenvalue weighted by atomic mass is 9.95. The number of aromatic nitrogens is 3. The van der Waals surface area contributed by atoms with Gasteiger partial charge in [-0.05, 0) is 60.0 Å². The Bertz CT molecular complexity index is 1260. The Kier molecular flexibility index (Phi) is 5.63. The molecule has 2 aromatic heterocycles. The molecule has 1 amide bonds. The molecule has 0 unspecified atom stereocenters. The van der Waals surface area contributed by atoms with Gasteiger partial charge in [0.25, 0.3) is 0 Å². The van der Waals surface area contributed by atoms with Crippen molar-refractivity contribution in [2.45, 2.75) is 6.42 Å². The van der Waals surface area contributed by atoms with E-state index in [1.807, 2.05) is 42.5 Å². The third kappa shape index (κ3) is 4.50. The zero-order valence-corrected chi connectivity index (χ0v) is 17.9. The number of benzene rings is 2. The van der Waals surface area contributed by atoms with Crippen LogP contribution in [0.15, 0.2) is 73.3 Å². The minimum absolute atomic E-state index is 0.143. The van der Waals surface area contributed by atoms with Gasteiger partial charge in [0.1, 0.15) is 23.9 Å². The highest BCUT2D eigenvalue weighted by atomic mass is 16.5. The summed E-state index contributed by atoms with van der Waals surface area (Å²) in [7, 11) is 1.62. The summed E-state index contributed by atoms with van der Waals surface area (Å²) in [6.45, 7) is 0.303. The van der Waals surface area contributed by atoms with E-state index >= 15 is 0 Å². The Morgan fingerprint density at radius 3 is 2.85 bits per heavy atom. The predicted molar refractivity (Wildman–Crippen MR) is 123 cm³/mol. The Labute approximate surface area is 190 Å². The summed E-state index contributed by atoms with van der Waals surface area (Å²) in [5, 5.41) is 9.83. The lowest BCUT2D eigenvalue weighted by Gasteiger charge is -2.25. The van der Waals surface area contributed by atoms with Crippen molar-refractivity contribution in [2.24, 2.45) is 5.92 Å². The number of carbonyl (C=O) groups is 1. The van der Waals surface area contributed by atoms with Crippen LogP contribution in [0.3, 0.4) is 0 Å². The molecule has 1 aliphatic heterocycles. The molecular weight excluding hydrogens is 420 g/mol. The molecule has 5 rings (SSSR count). The number of hydrogen-bond donors (Lipinski definition) is 2. The number of carbonyl (C=O) groups excluding carboxylic acids is 1. The molecule has 0 saturated carbocycles. The highest BCUT2D eigenvalue weighted by Crippen LogP contribution is 2.35. The molecule has 1 atom stereocenters. The van der Waals surface area contributed by atoms with Crippen molar-refractivity contribution >= 4 is 11.6 Å². The number of fused-ring (bicyclic) bond motifs is 1. The van der Waals surface area contributed by atoms with Gasteiger partial charge in [-0.3, -0.25) is 14.9 Å². The van der Waals surface area contributed by atoms with Gasteiger partial charge in [0, 0.05) is 18.0 Å². The van der Waals surface area contributed by atoms with E-state index in [-0.39, 0.29) is 11.8 Å². The normalized spacial score (nSPS) is 14.6. The SMILES string of the molecule is COc1ccc2c(c1)C[C@H](C(=O)Nc1ccc(-c3cn[nH]c3)cc1Oc1cccnc1)CO2. The first-order valence-electron chi connectivity index (χ1n) is 10.5. The van der Waals surface area contributed by atoms with Crippen molar-refractivity contribution < 1.29 is 19.0 Å². The predicted octanol–water partition coefficient (Wildman–Crippen LogP) is 4.46. The van der Waals surface area contributed by atoms with Crippen LogP contribution in [-0.2, 0) is 11.2 Å². The summed E-state index contributed by atoms with van der Waals surface area (Å²) < 4.78 is 17.2. The van der Waals surface area contributed by atoms with Gasteiger partial charge < -0.3 is 19.5 Å². The third-order valence-electron chi connectivity index (χ3n) is 5.48. The van der Waals surface area contributed by atoms with E-state index in [1.165, 1.54) is 0 Å². The quantitative estimate of drug-likeness (QED) is 0.457. The van der Waals surface area contributed by atoms with Crippen LogP contribution >= 0.6 is 0 Å². The molecule has 33 heavy (non-hydrogen) atoms. The van der Waals surface area contributed by atoms with Crippen molar-refractivity contribution in [1.29, 1.82) is 0 Å². The van der Waals surface area contributed by atoms with Crippen molar-refractivity contribution in [3.8, 4) is 34.1 Å². The largest absolute Gasteiger partial charge is 0.497 e. The summed E-state index contributed by atoms with van der Waals surface area (Å²) in [4.78, 5) is 17.2. The first kappa shape index (κ1) is 20.6. The fourth-order valence-electron chi connectivity index (χ4n) is 3.73. The van der Waals surface area contributed by atoms with Crippen LogP contribution in [0, 0.1) is 5.92 Å². The van der Waals surface area contributed by atoms with E-state index in [1.54, 1.807) is 38.0 Å². The van der Waals surface area contributed by atoms with Gasteiger partial charge in [0.15, 0.2) is 5.75 Å². The lowest BCUT2D eigenvalue weighted by Crippen LogP contribution is -2.32. The molecule has 4 aromatic rings. The molecule has 2 N–H and O–H groups in total. The van der Waals surface area contributed by atoms with Crippen molar-refractivity contribution in [1.82, 2.24) is 15.2 Å². The van der Waals surface area contributed by atoms with Crippen LogP contribution in [0.2, 0.25) is 0 Å². The molecule has 8 nitrogen and oxygen atoms in total. The van der Waals surface area contributed by atoms with Gasteiger partial charge in [0.05, 0.1) is 31.1 Å². The molecule has 0 aliphatic carbocycles. The van der Waals surface area contributed by atoms with Gasteiger partial charge in [-0.2, -0.15) is 5.10 Å². The number of nitrogens with zero attached hydrogens (tertiary/aromatic N) is 2. The average Bonchev–Trinajstić information content (AvgIpc) is 3.40. The van der Waals surface area contributed by atoms with Crippen LogP contribution in [0.4, 0.5) is 5.69 Å². The van der Waals surface area contributed by atoms with E-state index < -0.39 is 0 Å². The van der Waals surface area contributed by atoms with E-state index in [0.29, 0.717) is 30.2 Å². The smallest absolute Gasteiger partial charge is 0.231 e. The number of aromatic amines is 1. The number of anilines is 1. The maximum absolute atomic E-state index is 13.1. The summed E-state index contributed by atoms with van der Waals surface area (Å²) in [6, 6.07) is 14.8. The highest BCUT2D eigenvalue weighted by Gasteiger charge is 2.27. The highest BCUT2D eigenvalue weighted by molar-refractivity contribution is 5.95. The minimum atomic E-state index is -0.343. The Morgan fingerprint density at radius 2 is 2.06 bits per heavy atom. The first-order valence-corrected chi connectivity index (χ1v) is 10.5. The summed E-state index contributed by atoms with van der Waals surface area (Å²) in [5.74, 6) is 2.11. The zero-order valence-electron chi connectivity index (χ0n) is 17.9. The third-order valence-corrected chi connectivity index (χ3v) is 5.48. The fraction of sp³-hybridized carbons (Fsp3) is 0.160. The van der Waals surface area contributed by atoms with Crippen molar-refractivity contribution in [3.05, 3.63) is 78.9 Å². The standard InChI is InChI=1S/C25H22N4O4/c1-31-20-5-7-23-17(10-20)9-18(15-32-23)25(30)29-22-6-4-16(19-12-27-28-13-19)11-24(22)33-21-3-2-8-26-14-21/h2-8,10-14,18H,9,15H2,1H3,(H,27,28)(H,29,30)/t18-/m0/s1. The van der Waals surface area contributed by atoms with Crippen LogP contribution in [-0.4, -0.2) is 34.8 Å². The Balaban J connectivity index is 1.39. The molecule has 1 aliphatic rings. The van der Waals surface area contributed by atoms with Gasteiger partial charge in [-0.15, -0.1) is 0 Å². The van der Waals surface area contributed by atoms with Gasteiger partial charge in [-0.25, -0.2) is 0 Å². The Morgan fingerprint density at radius 1 is 1.12 bits per heavy atom. The number of H-pyrrole nitrogens is 1. The lowest BCUT2D eigenvalue weighted by molar-refractivity contribution is -0.121. The molecule has 2 aromatic carbocycles. The molecule has 0 saturated heterocycles. The summed E-state index contributed by atoms with van der Waals surface area (Å²) >= 11 is 0. The number of pyridine rings is 1. The molecule has 0 fully saturated rings. The maximum Gasteiger partial charge on any atom is 0.231 e. The molecule has 0 bridgehead atoms. The molecule has 0 spiro atoms. The number of nitrogens with one attached hydrogen (secondary N) is 2. The number of methoxy groups -OCH3 is 1. The van der Waals surface area contributed by atoms with Crippen LogP contribution in [0.25, 0.3) is 11.1 Å². The second kappa shape index (κ2) is 9.04. The molecule has 8 heteroatoms. The van der Waals surface area contributed by atoms with Gasteiger partial charge in [0.2, 0.25) is 5.91 Å². The monoisotopic (exact) mass is 442 g/mol. The van der Waals surface area contributed by atoms with Crippen LogP contribution in [0.1, 0.15) is 5.56 Å². The van der Waals surface area contributed by atoms with Crippen LogP contribution < -0.4 is 19.5 Å². The number of amides is 1. The molecule has 0 radical (unpaired) electrons. The minimum Gasteiger partial charge on any atom is -0.497 e. The topological polar surface area (TPSA) is 98.4 Å². The Hall–Kier alpha value is -4.33. The molecular formula is C25H22N4O4. The number of ether oxygens (including phenoxy) is 3. The van der Waals surface area contributed by atoms with E-state index in [4.69, 9.17) is 14.2 Å². The first-order chi connectivity index (χ1) is 16.2. The zero-order chi connectivity index (χ0) is 22.6. The van der Waals surface area contributed by atoms with E-state index in [0.717, 1.165) is 28.2 Å². The second-order valence-electron chi connectivity index (χ2n) is 7.66. The second-order valence-corrected chi connectivity index (χ2v) is 7.66. The van der Waals surface area contributed by atoms with E-state index in [9.17, 15) is 4.79 Å². The fourth-order valence-corrected chi connectivity index (χ4v) is 3.73. The van der Waals surface area contributed by atoms with Gasteiger partial charge >= 0.3 is 0 Å². The van der Waals surface area contributed by atoms with Crippen LogP contribution in [0.5, 0.6) is 23.0 Å². The van der Waals surface area contributed by atoms with Crippen molar-refractivity contribution in [3.63, 3.8) is 0 Å². The average molecular weight is 442 g/mol. The maximum atomic E-state index is 13.1. The summed E-state index contributed by atoms with van der Waals surface area (Å²) in [5.41, 5.74) is 3.33. The van der Waals surface area contributed by atoms with Crippen molar-refractivity contribution in [2.75, 3.05) is 19.0 Å².